The van der Waals surface area contributed by atoms with Crippen molar-refractivity contribution < 1.29 is 0 Å². The van der Waals surface area contributed by atoms with Gasteiger partial charge in [-0.25, -0.2) is 9.97 Å². The molecule has 0 saturated heterocycles. The molecule has 0 atom stereocenters. The number of imidazole rings is 2. The lowest BCUT2D eigenvalue weighted by molar-refractivity contribution is 0.524. The van der Waals surface area contributed by atoms with Gasteiger partial charge in [0.05, 0.1) is 0 Å². The second-order valence-electron chi connectivity index (χ2n) is 7.82. The molecule has 0 aliphatic rings. The second-order valence-corrected chi connectivity index (χ2v) is 7.82. The van der Waals surface area contributed by atoms with Crippen molar-refractivity contribution in [1.82, 2.24) is 29.7 Å². The van der Waals surface area contributed by atoms with Gasteiger partial charge in [-0.05, 0) is 53.6 Å². The van der Waals surface area contributed by atoms with Crippen LogP contribution in [0.3, 0.4) is 0 Å². The normalized spacial score (nSPS) is 11.4. The molecule has 0 bridgehead atoms. The summed E-state index contributed by atoms with van der Waals surface area (Å²) in [7, 11) is 0. The van der Waals surface area contributed by atoms with Crippen LogP contribution >= 0.6 is 0 Å². The zero-order chi connectivity index (χ0) is 20.2. The van der Waals surface area contributed by atoms with Gasteiger partial charge in [0.1, 0.15) is 11.6 Å². The largest absolute Gasteiger partial charge is 0.331 e. The smallest absolute Gasteiger partial charge is 0.105 e. The van der Waals surface area contributed by atoms with Crippen molar-refractivity contribution >= 4 is 0 Å². The number of nitrogens with zero attached hydrogens (tertiary/aromatic N) is 4. The Morgan fingerprint density at radius 2 is 1.00 bits per heavy atom. The average molecular weight is 389 g/mol. The van der Waals surface area contributed by atoms with E-state index in [4.69, 9.17) is 0 Å². The predicted molar refractivity (Wildman–Crippen MR) is 117 cm³/mol. The number of rotatable bonds is 15. The molecular formula is C22H40N6. The Hall–Kier alpha value is -1.66. The SMILES string of the molecule is Cc1cnc(C)n1CCNCCCCCCCCNCCn1c(C)cnc1C. The molecule has 6 heteroatoms. The highest BCUT2D eigenvalue weighted by Crippen LogP contribution is 2.05. The van der Waals surface area contributed by atoms with Gasteiger partial charge < -0.3 is 19.8 Å². The van der Waals surface area contributed by atoms with Crippen LogP contribution in [-0.4, -0.2) is 45.3 Å². The molecule has 0 aromatic carbocycles. The highest BCUT2D eigenvalue weighted by atomic mass is 15.1. The van der Waals surface area contributed by atoms with Crippen LogP contribution in [0.25, 0.3) is 0 Å². The maximum Gasteiger partial charge on any atom is 0.105 e. The van der Waals surface area contributed by atoms with E-state index in [9.17, 15) is 0 Å². The fourth-order valence-electron chi connectivity index (χ4n) is 3.68. The Balaban J connectivity index is 1.33. The Morgan fingerprint density at radius 3 is 1.36 bits per heavy atom. The van der Waals surface area contributed by atoms with E-state index in [0.717, 1.165) is 50.9 Å². The standard InChI is InChI=1S/C22H40N6/c1-19-17-25-21(3)27(19)15-13-23-11-9-7-5-6-8-10-12-24-14-16-28-20(2)18-26-22(28)4/h17-18,23-24H,5-16H2,1-4H3. The van der Waals surface area contributed by atoms with Gasteiger partial charge in [-0.15, -0.1) is 0 Å². The average Bonchev–Trinajstić information content (AvgIpc) is 3.17. The molecule has 0 radical (unpaired) electrons. The van der Waals surface area contributed by atoms with E-state index < -0.39 is 0 Å². The molecule has 0 fully saturated rings. The summed E-state index contributed by atoms with van der Waals surface area (Å²) >= 11 is 0. The van der Waals surface area contributed by atoms with Crippen molar-refractivity contribution in [2.75, 3.05) is 26.2 Å². The first-order valence-electron chi connectivity index (χ1n) is 11.0. The van der Waals surface area contributed by atoms with Crippen molar-refractivity contribution in [3.8, 4) is 0 Å². The van der Waals surface area contributed by atoms with Crippen LogP contribution in [0.2, 0.25) is 0 Å². The molecule has 0 saturated carbocycles. The maximum absolute atomic E-state index is 4.34. The van der Waals surface area contributed by atoms with Crippen molar-refractivity contribution in [1.29, 1.82) is 0 Å². The Bertz CT molecular complexity index is 575. The summed E-state index contributed by atoms with van der Waals surface area (Å²) in [6.07, 6.45) is 11.8. The van der Waals surface area contributed by atoms with Crippen LogP contribution in [0, 0.1) is 27.7 Å². The van der Waals surface area contributed by atoms with Gasteiger partial charge in [0, 0.05) is 50.0 Å². The minimum atomic E-state index is 1.02. The monoisotopic (exact) mass is 388 g/mol. The molecule has 2 heterocycles. The summed E-state index contributed by atoms with van der Waals surface area (Å²) in [4.78, 5) is 8.68. The zero-order valence-electron chi connectivity index (χ0n) is 18.4. The summed E-state index contributed by atoms with van der Waals surface area (Å²) < 4.78 is 4.55. The molecule has 2 N–H and O–H groups in total. The van der Waals surface area contributed by atoms with Crippen LogP contribution in [0.5, 0.6) is 0 Å². The molecule has 0 spiro atoms. The van der Waals surface area contributed by atoms with Crippen LogP contribution in [0.15, 0.2) is 12.4 Å². The fraction of sp³-hybridized carbons (Fsp3) is 0.727. The van der Waals surface area contributed by atoms with Gasteiger partial charge in [-0.2, -0.15) is 0 Å². The molecule has 2 rings (SSSR count). The minimum absolute atomic E-state index is 1.02. The van der Waals surface area contributed by atoms with Crippen LogP contribution < -0.4 is 10.6 Å². The summed E-state index contributed by atoms with van der Waals surface area (Å²) in [5.41, 5.74) is 2.50. The zero-order valence-corrected chi connectivity index (χ0v) is 18.4. The van der Waals surface area contributed by atoms with E-state index in [2.05, 4.69) is 57.4 Å². The fourth-order valence-corrected chi connectivity index (χ4v) is 3.68. The van der Waals surface area contributed by atoms with Crippen LogP contribution in [-0.2, 0) is 13.1 Å². The molecule has 0 aliphatic carbocycles. The Kier molecular flexibility index (Phi) is 10.3. The van der Waals surface area contributed by atoms with Crippen molar-refractivity contribution in [2.24, 2.45) is 0 Å². The molecule has 6 nitrogen and oxygen atoms in total. The van der Waals surface area contributed by atoms with Gasteiger partial charge in [-0.1, -0.05) is 25.7 Å². The lowest BCUT2D eigenvalue weighted by Crippen LogP contribution is -2.22. The number of hydrogen-bond donors (Lipinski definition) is 2. The number of aromatic nitrogens is 4. The second kappa shape index (κ2) is 12.7. The first kappa shape index (κ1) is 22.6. The molecule has 0 aliphatic heterocycles. The van der Waals surface area contributed by atoms with E-state index in [0.29, 0.717) is 0 Å². The summed E-state index contributed by atoms with van der Waals surface area (Å²) in [6, 6.07) is 0. The van der Waals surface area contributed by atoms with Crippen LogP contribution in [0.4, 0.5) is 0 Å². The van der Waals surface area contributed by atoms with Gasteiger partial charge in [0.2, 0.25) is 0 Å². The van der Waals surface area contributed by atoms with Gasteiger partial charge in [0.25, 0.3) is 0 Å². The van der Waals surface area contributed by atoms with Crippen molar-refractivity contribution in [3.05, 3.63) is 35.4 Å². The van der Waals surface area contributed by atoms with Crippen LogP contribution in [0.1, 0.15) is 61.6 Å². The van der Waals surface area contributed by atoms with Gasteiger partial charge in [-0.3, -0.25) is 0 Å². The summed E-state index contributed by atoms with van der Waals surface area (Å²) in [5, 5.41) is 7.12. The molecule has 28 heavy (non-hydrogen) atoms. The topological polar surface area (TPSA) is 59.7 Å². The number of nitrogens with one attached hydrogen (secondary N) is 2. The molecule has 2 aromatic heterocycles. The lowest BCUT2D eigenvalue weighted by Gasteiger charge is -2.09. The summed E-state index contributed by atoms with van der Waals surface area (Å²) in [6.45, 7) is 14.7. The van der Waals surface area contributed by atoms with E-state index >= 15 is 0 Å². The third kappa shape index (κ3) is 7.76. The number of hydrogen-bond acceptors (Lipinski definition) is 4. The number of aryl methyl sites for hydroxylation is 4. The molecule has 0 amide bonds. The highest BCUT2D eigenvalue weighted by molar-refractivity contribution is 5.02. The van der Waals surface area contributed by atoms with E-state index in [1.807, 2.05) is 12.4 Å². The Morgan fingerprint density at radius 1 is 0.607 bits per heavy atom. The van der Waals surface area contributed by atoms with E-state index in [1.165, 1.54) is 49.9 Å². The van der Waals surface area contributed by atoms with Crippen molar-refractivity contribution in [3.63, 3.8) is 0 Å². The maximum atomic E-state index is 4.34. The molecule has 158 valence electrons. The number of unbranched alkanes of at least 4 members (excludes halogenated alkanes) is 5. The third-order valence-electron chi connectivity index (χ3n) is 5.49. The highest BCUT2D eigenvalue weighted by Gasteiger charge is 2.02. The quantitative estimate of drug-likeness (QED) is 0.458. The first-order chi connectivity index (χ1) is 13.6. The summed E-state index contributed by atoms with van der Waals surface area (Å²) in [5.74, 6) is 2.22. The van der Waals surface area contributed by atoms with Gasteiger partial charge in [0.15, 0.2) is 0 Å². The third-order valence-corrected chi connectivity index (χ3v) is 5.49. The van der Waals surface area contributed by atoms with E-state index in [1.54, 1.807) is 0 Å². The Labute approximate surface area is 171 Å². The predicted octanol–water partition coefficient (Wildman–Crippen LogP) is 3.53. The van der Waals surface area contributed by atoms with E-state index in [-0.39, 0.29) is 0 Å². The van der Waals surface area contributed by atoms with Gasteiger partial charge >= 0.3 is 0 Å². The first-order valence-corrected chi connectivity index (χ1v) is 11.0. The molecular weight excluding hydrogens is 348 g/mol. The van der Waals surface area contributed by atoms with Crippen molar-refractivity contribution in [2.45, 2.75) is 79.3 Å². The minimum Gasteiger partial charge on any atom is -0.331 e. The lowest BCUT2D eigenvalue weighted by atomic mass is 10.1. The molecule has 2 aromatic rings. The molecule has 0 unspecified atom stereocenters.